The van der Waals surface area contributed by atoms with Crippen molar-refractivity contribution in [3.8, 4) is 0 Å². The lowest BCUT2D eigenvalue weighted by molar-refractivity contribution is 0.143. The Morgan fingerprint density at radius 1 is 1.40 bits per heavy atom. The van der Waals surface area contributed by atoms with E-state index in [0.717, 1.165) is 24.1 Å². The van der Waals surface area contributed by atoms with Crippen molar-refractivity contribution < 1.29 is 5.11 Å². The van der Waals surface area contributed by atoms with E-state index in [1.54, 1.807) is 6.20 Å². The van der Waals surface area contributed by atoms with Crippen molar-refractivity contribution in [3.63, 3.8) is 0 Å². The van der Waals surface area contributed by atoms with Gasteiger partial charge in [-0.1, -0.05) is 26.8 Å². The summed E-state index contributed by atoms with van der Waals surface area (Å²) in [6.45, 7) is 8.55. The third-order valence-corrected chi connectivity index (χ3v) is 2.53. The van der Waals surface area contributed by atoms with Crippen LogP contribution in [0.5, 0.6) is 0 Å². The summed E-state index contributed by atoms with van der Waals surface area (Å²) < 4.78 is 0. The molecule has 2 heteroatoms. The van der Waals surface area contributed by atoms with Crippen LogP contribution in [0.3, 0.4) is 0 Å². The van der Waals surface area contributed by atoms with Gasteiger partial charge < -0.3 is 5.11 Å². The fraction of sp³-hybridized carbons (Fsp3) is 0.615. The molecule has 1 heterocycles. The lowest BCUT2D eigenvalue weighted by atomic mass is 9.88. The molecule has 1 aromatic heterocycles. The maximum atomic E-state index is 10.0. The highest BCUT2D eigenvalue weighted by molar-refractivity contribution is 5.19. The predicted molar refractivity (Wildman–Crippen MR) is 62.6 cm³/mol. The van der Waals surface area contributed by atoms with Crippen molar-refractivity contribution in [1.82, 2.24) is 4.98 Å². The highest BCUT2D eigenvalue weighted by Crippen LogP contribution is 2.27. The third kappa shape index (κ3) is 4.00. The van der Waals surface area contributed by atoms with Crippen molar-refractivity contribution in [2.24, 2.45) is 5.41 Å². The summed E-state index contributed by atoms with van der Waals surface area (Å²) in [7, 11) is 0. The second kappa shape index (κ2) is 4.75. The van der Waals surface area contributed by atoms with Gasteiger partial charge in [-0.2, -0.15) is 0 Å². The first-order chi connectivity index (χ1) is 6.90. The van der Waals surface area contributed by atoms with Crippen LogP contribution in [0, 0.1) is 12.3 Å². The summed E-state index contributed by atoms with van der Waals surface area (Å²) in [5.74, 6) is 0. The largest absolute Gasteiger partial charge is 0.387 e. The predicted octanol–water partition coefficient (Wildman–Crippen LogP) is 3.25. The maximum Gasteiger partial charge on any atom is 0.0962 e. The number of aliphatic hydroxyl groups is 1. The first-order valence-corrected chi connectivity index (χ1v) is 5.50. The number of aromatic nitrogens is 1. The topological polar surface area (TPSA) is 33.1 Å². The number of aliphatic hydroxyl groups excluding tert-OH is 1. The van der Waals surface area contributed by atoms with Crippen LogP contribution in [0.1, 0.15) is 51.0 Å². The maximum absolute atomic E-state index is 10.0. The van der Waals surface area contributed by atoms with Gasteiger partial charge in [0.05, 0.1) is 11.8 Å². The summed E-state index contributed by atoms with van der Waals surface area (Å²) in [6, 6.07) is 3.89. The van der Waals surface area contributed by atoms with Crippen LogP contribution < -0.4 is 0 Å². The normalized spacial score (nSPS) is 13.9. The van der Waals surface area contributed by atoms with Gasteiger partial charge in [0, 0.05) is 6.20 Å². The molecule has 0 fully saturated rings. The van der Waals surface area contributed by atoms with E-state index >= 15 is 0 Å². The van der Waals surface area contributed by atoms with Crippen LogP contribution in [-0.2, 0) is 0 Å². The van der Waals surface area contributed by atoms with E-state index < -0.39 is 6.10 Å². The number of pyridine rings is 1. The van der Waals surface area contributed by atoms with Gasteiger partial charge in [-0.15, -0.1) is 0 Å². The van der Waals surface area contributed by atoms with E-state index in [2.05, 4.69) is 25.8 Å². The molecule has 0 unspecified atom stereocenters. The summed E-state index contributed by atoms with van der Waals surface area (Å²) in [4.78, 5) is 4.23. The molecular formula is C13H21NO. The quantitative estimate of drug-likeness (QED) is 0.825. The molecule has 0 radical (unpaired) electrons. The first kappa shape index (κ1) is 12.2. The van der Waals surface area contributed by atoms with Crippen LogP contribution in [-0.4, -0.2) is 10.1 Å². The van der Waals surface area contributed by atoms with E-state index in [1.165, 1.54) is 0 Å². The van der Waals surface area contributed by atoms with E-state index in [-0.39, 0.29) is 5.41 Å². The molecule has 1 rings (SSSR count). The van der Waals surface area contributed by atoms with Gasteiger partial charge in [0.1, 0.15) is 0 Å². The number of hydrogen-bond acceptors (Lipinski definition) is 2. The second-order valence-electron chi connectivity index (χ2n) is 5.32. The molecule has 0 amide bonds. The van der Waals surface area contributed by atoms with Crippen molar-refractivity contribution in [2.75, 3.05) is 0 Å². The average Bonchev–Trinajstić information content (AvgIpc) is 2.14. The summed E-state index contributed by atoms with van der Waals surface area (Å²) >= 11 is 0. The number of hydrogen-bond donors (Lipinski definition) is 1. The van der Waals surface area contributed by atoms with Gasteiger partial charge in [-0.25, -0.2) is 0 Å². The Morgan fingerprint density at radius 3 is 2.60 bits per heavy atom. The Kier molecular flexibility index (Phi) is 3.86. The van der Waals surface area contributed by atoms with Gasteiger partial charge in [0.25, 0.3) is 0 Å². The minimum absolute atomic E-state index is 0.268. The molecule has 0 aliphatic heterocycles. The SMILES string of the molecule is Cc1cccnc1[C@@H](O)CCC(C)(C)C. The monoisotopic (exact) mass is 207 g/mol. The molecule has 0 spiro atoms. The molecule has 0 bridgehead atoms. The fourth-order valence-electron chi connectivity index (χ4n) is 1.55. The standard InChI is InChI=1S/C13H21NO/c1-10-6-5-9-14-12(10)11(15)7-8-13(2,3)4/h5-6,9,11,15H,7-8H2,1-4H3/t11-/m0/s1. The highest BCUT2D eigenvalue weighted by Gasteiger charge is 2.16. The Morgan fingerprint density at radius 2 is 2.07 bits per heavy atom. The smallest absolute Gasteiger partial charge is 0.0962 e. The molecule has 0 aliphatic carbocycles. The van der Waals surface area contributed by atoms with Gasteiger partial charge >= 0.3 is 0 Å². The minimum atomic E-state index is -0.426. The summed E-state index contributed by atoms with van der Waals surface area (Å²) in [5, 5.41) is 10.0. The molecule has 0 aliphatic rings. The Bertz CT molecular complexity index is 315. The van der Waals surface area contributed by atoms with Crippen molar-refractivity contribution in [2.45, 2.75) is 46.6 Å². The zero-order chi connectivity index (χ0) is 11.5. The number of aryl methyl sites for hydroxylation is 1. The number of rotatable bonds is 3. The van der Waals surface area contributed by atoms with Crippen LogP contribution in [0.15, 0.2) is 18.3 Å². The van der Waals surface area contributed by atoms with Gasteiger partial charge in [-0.05, 0) is 36.8 Å². The molecule has 1 N–H and O–H groups in total. The third-order valence-electron chi connectivity index (χ3n) is 2.53. The first-order valence-electron chi connectivity index (χ1n) is 5.50. The van der Waals surface area contributed by atoms with Crippen molar-refractivity contribution in [3.05, 3.63) is 29.6 Å². The molecule has 1 aromatic rings. The zero-order valence-electron chi connectivity index (χ0n) is 10.1. The molecule has 84 valence electrons. The molecule has 0 saturated heterocycles. The second-order valence-corrected chi connectivity index (χ2v) is 5.32. The van der Waals surface area contributed by atoms with Crippen LogP contribution in [0.2, 0.25) is 0 Å². The van der Waals surface area contributed by atoms with Crippen molar-refractivity contribution in [1.29, 1.82) is 0 Å². The van der Waals surface area contributed by atoms with Gasteiger partial charge in [-0.3, -0.25) is 4.98 Å². The highest BCUT2D eigenvalue weighted by atomic mass is 16.3. The minimum Gasteiger partial charge on any atom is -0.387 e. The van der Waals surface area contributed by atoms with Crippen molar-refractivity contribution >= 4 is 0 Å². The molecule has 0 aromatic carbocycles. The lowest BCUT2D eigenvalue weighted by Crippen LogP contribution is -2.09. The van der Waals surface area contributed by atoms with Gasteiger partial charge in [0.15, 0.2) is 0 Å². The molecule has 15 heavy (non-hydrogen) atoms. The van der Waals surface area contributed by atoms with Gasteiger partial charge in [0.2, 0.25) is 0 Å². The zero-order valence-corrected chi connectivity index (χ0v) is 10.1. The van der Waals surface area contributed by atoms with E-state index in [0.29, 0.717) is 0 Å². The fourth-order valence-corrected chi connectivity index (χ4v) is 1.55. The van der Waals surface area contributed by atoms with Crippen LogP contribution >= 0.6 is 0 Å². The Labute approximate surface area is 92.4 Å². The Hall–Kier alpha value is -0.890. The van der Waals surface area contributed by atoms with E-state index in [4.69, 9.17) is 0 Å². The van der Waals surface area contributed by atoms with Crippen LogP contribution in [0.4, 0.5) is 0 Å². The van der Waals surface area contributed by atoms with E-state index in [1.807, 2.05) is 19.1 Å². The van der Waals surface area contributed by atoms with E-state index in [9.17, 15) is 5.11 Å². The average molecular weight is 207 g/mol. The Balaban J connectivity index is 2.62. The lowest BCUT2D eigenvalue weighted by Gasteiger charge is -2.20. The molecule has 0 saturated carbocycles. The number of nitrogens with zero attached hydrogens (tertiary/aromatic N) is 1. The summed E-state index contributed by atoms with van der Waals surface area (Å²) in [5.41, 5.74) is 2.16. The molecule has 1 atom stereocenters. The van der Waals surface area contributed by atoms with Crippen LogP contribution in [0.25, 0.3) is 0 Å². The molecular weight excluding hydrogens is 186 g/mol. The summed E-state index contributed by atoms with van der Waals surface area (Å²) in [6.07, 6.45) is 3.10. The molecule has 2 nitrogen and oxygen atoms in total.